The molecule has 0 aliphatic rings. The highest BCUT2D eigenvalue weighted by Crippen LogP contribution is 2.33. The lowest BCUT2D eigenvalue weighted by atomic mass is 10.1. The number of fused-ring (bicyclic) bond motifs is 1. The molecule has 2 aromatic rings. The molecule has 1 heterocycles. The Bertz CT molecular complexity index is 493. The molecule has 0 bridgehead atoms. The number of hydrogen-bond donors (Lipinski definition) is 2. The maximum atomic E-state index is 6.12. The number of methoxy groups -OCH3 is 1. The second kappa shape index (κ2) is 4.76. The van der Waals surface area contributed by atoms with E-state index >= 15 is 0 Å². The minimum Gasteiger partial charge on any atom is -0.496 e. The van der Waals surface area contributed by atoms with Crippen molar-refractivity contribution in [2.24, 2.45) is 5.73 Å². The number of ether oxygens (including phenoxy) is 1. The van der Waals surface area contributed by atoms with Crippen molar-refractivity contribution >= 4 is 22.5 Å². The van der Waals surface area contributed by atoms with Gasteiger partial charge in [-0.2, -0.15) is 0 Å². The van der Waals surface area contributed by atoms with Crippen molar-refractivity contribution in [3.05, 3.63) is 28.9 Å². The lowest BCUT2D eigenvalue weighted by molar-refractivity contribution is 0.419. The average Bonchev–Trinajstić information content (AvgIpc) is 2.72. The van der Waals surface area contributed by atoms with Gasteiger partial charge in [-0.1, -0.05) is 11.6 Å². The van der Waals surface area contributed by atoms with E-state index in [1.165, 1.54) is 5.56 Å². The van der Waals surface area contributed by atoms with Gasteiger partial charge in [-0.05, 0) is 37.1 Å². The molecule has 86 valence electrons. The van der Waals surface area contributed by atoms with E-state index in [9.17, 15) is 0 Å². The maximum absolute atomic E-state index is 6.12. The second-order valence-electron chi connectivity index (χ2n) is 3.71. The molecule has 0 fully saturated rings. The third-order valence-corrected chi connectivity index (χ3v) is 3.01. The summed E-state index contributed by atoms with van der Waals surface area (Å²) in [4.78, 5) is 3.19. The second-order valence-corrected chi connectivity index (χ2v) is 4.11. The normalized spacial score (nSPS) is 10.9. The van der Waals surface area contributed by atoms with Crippen LogP contribution in [0.1, 0.15) is 12.0 Å². The number of H-pyrrole nitrogens is 1. The van der Waals surface area contributed by atoms with Crippen LogP contribution < -0.4 is 10.5 Å². The fraction of sp³-hybridized carbons (Fsp3) is 0.333. The Morgan fingerprint density at radius 2 is 2.25 bits per heavy atom. The Morgan fingerprint density at radius 3 is 2.94 bits per heavy atom. The van der Waals surface area contributed by atoms with Gasteiger partial charge in [0, 0.05) is 11.6 Å². The van der Waals surface area contributed by atoms with Crippen molar-refractivity contribution in [2.45, 2.75) is 12.8 Å². The summed E-state index contributed by atoms with van der Waals surface area (Å²) < 4.78 is 5.35. The van der Waals surface area contributed by atoms with E-state index in [0.717, 1.165) is 34.5 Å². The smallest absolute Gasteiger partial charge is 0.128 e. The minimum absolute atomic E-state index is 0.690. The third-order valence-electron chi connectivity index (χ3n) is 2.70. The topological polar surface area (TPSA) is 51.0 Å². The van der Waals surface area contributed by atoms with Gasteiger partial charge in [0.2, 0.25) is 0 Å². The Balaban J connectivity index is 2.54. The highest BCUT2D eigenvalue weighted by Gasteiger charge is 2.11. The molecule has 0 amide bonds. The molecule has 3 nitrogen and oxygen atoms in total. The zero-order valence-corrected chi connectivity index (χ0v) is 9.97. The van der Waals surface area contributed by atoms with Gasteiger partial charge in [0.15, 0.2) is 0 Å². The van der Waals surface area contributed by atoms with Crippen molar-refractivity contribution in [3.8, 4) is 5.75 Å². The Morgan fingerprint density at radius 1 is 1.44 bits per heavy atom. The monoisotopic (exact) mass is 238 g/mol. The van der Waals surface area contributed by atoms with Gasteiger partial charge in [0.1, 0.15) is 5.75 Å². The largest absolute Gasteiger partial charge is 0.496 e. The number of aryl methyl sites for hydroxylation is 1. The van der Waals surface area contributed by atoms with Crippen LogP contribution in [0.15, 0.2) is 18.3 Å². The Kier molecular flexibility index (Phi) is 3.36. The molecule has 1 aromatic carbocycles. The summed E-state index contributed by atoms with van der Waals surface area (Å²) in [5, 5.41) is 1.79. The first-order chi connectivity index (χ1) is 7.77. The first kappa shape index (κ1) is 11.3. The molecular weight excluding hydrogens is 224 g/mol. The zero-order chi connectivity index (χ0) is 11.5. The number of nitrogens with two attached hydrogens (primary N) is 1. The van der Waals surface area contributed by atoms with Crippen LogP contribution in [0.4, 0.5) is 0 Å². The van der Waals surface area contributed by atoms with E-state index in [0.29, 0.717) is 6.54 Å². The van der Waals surface area contributed by atoms with Gasteiger partial charge >= 0.3 is 0 Å². The molecule has 0 atom stereocenters. The van der Waals surface area contributed by atoms with Gasteiger partial charge in [0.05, 0.1) is 17.6 Å². The van der Waals surface area contributed by atoms with Crippen molar-refractivity contribution in [1.82, 2.24) is 4.98 Å². The van der Waals surface area contributed by atoms with Crippen LogP contribution in [-0.2, 0) is 6.42 Å². The first-order valence-electron chi connectivity index (χ1n) is 5.30. The minimum atomic E-state index is 0.690. The fourth-order valence-corrected chi connectivity index (χ4v) is 2.12. The van der Waals surface area contributed by atoms with Gasteiger partial charge in [0.25, 0.3) is 0 Å². The number of nitrogens with one attached hydrogen (secondary N) is 1. The zero-order valence-electron chi connectivity index (χ0n) is 9.22. The summed E-state index contributed by atoms with van der Waals surface area (Å²) in [6.07, 6.45) is 3.88. The average molecular weight is 239 g/mol. The molecular formula is C12H15ClN2O. The van der Waals surface area contributed by atoms with E-state index in [1.807, 2.05) is 18.3 Å². The predicted molar refractivity (Wildman–Crippen MR) is 67.2 cm³/mol. The number of halogens is 1. The Labute approximate surface area is 99.5 Å². The Hall–Kier alpha value is -1.19. The lowest BCUT2D eigenvalue weighted by Gasteiger charge is -2.05. The van der Waals surface area contributed by atoms with E-state index in [4.69, 9.17) is 22.1 Å². The van der Waals surface area contributed by atoms with Crippen molar-refractivity contribution in [3.63, 3.8) is 0 Å². The summed E-state index contributed by atoms with van der Waals surface area (Å²) in [5.74, 6) is 0.854. The van der Waals surface area contributed by atoms with Crippen molar-refractivity contribution in [2.75, 3.05) is 13.7 Å². The summed E-state index contributed by atoms with van der Waals surface area (Å²) in [6, 6.07) is 3.73. The number of benzene rings is 1. The lowest BCUT2D eigenvalue weighted by Crippen LogP contribution is -2.00. The van der Waals surface area contributed by atoms with E-state index < -0.39 is 0 Å². The summed E-state index contributed by atoms with van der Waals surface area (Å²) in [6.45, 7) is 0.690. The number of aromatic amines is 1. The molecule has 3 N–H and O–H groups in total. The number of aromatic nitrogens is 1. The maximum Gasteiger partial charge on any atom is 0.128 e. The van der Waals surface area contributed by atoms with Crippen LogP contribution in [0.3, 0.4) is 0 Å². The molecule has 1 aromatic heterocycles. The van der Waals surface area contributed by atoms with Gasteiger partial charge in [-0.25, -0.2) is 0 Å². The van der Waals surface area contributed by atoms with E-state index in [2.05, 4.69) is 4.98 Å². The molecule has 0 saturated heterocycles. The number of rotatable bonds is 4. The SMILES string of the molecule is COc1ccc(Cl)c2[nH]cc(CCCN)c12. The van der Waals surface area contributed by atoms with Crippen LogP contribution in [0.5, 0.6) is 5.75 Å². The summed E-state index contributed by atoms with van der Waals surface area (Å²) in [7, 11) is 1.67. The molecule has 0 saturated carbocycles. The third kappa shape index (κ3) is 1.88. The van der Waals surface area contributed by atoms with Crippen molar-refractivity contribution < 1.29 is 4.74 Å². The predicted octanol–water partition coefficient (Wildman–Crippen LogP) is 2.72. The quantitative estimate of drug-likeness (QED) is 0.861. The molecule has 4 heteroatoms. The van der Waals surface area contributed by atoms with Crippen LogP contribution in [0.2, 0.25) is 5.02 Å². The van der Waals surface area contributed by atoms with Gasteiger partial charge in [-0.15, -0.1) is 0 Å². The molecule has 16 heavy (non-hydrogen) atoms. The molecule has 0 aliphatic heterocycles. The molecule has 0 unspecified atom stereocenters. The van der Waals surface area contributed by atoms with E-state index in [-0.39, 0.29) is 0 Å². The molecule has 0 radical (unpaired) electrons. The highest BCUT2D eigenvalue weighted by molar-refractivity contribution is 6.35. The van der Waals surface area contributed by atoms with Gasteiger partial charge < -0.3 is 15.5 Å². The van der Waals surface area contributed by atoms with Crippen LogP contribution in [0, 0.1) is 0 Å². The first-order valence-corrected chi connectivity index (χ1v) is 5.68. The van der Waals surface area contributed by atoms with E-state index in [1.54, 1.807) is 7.11 Å². The fourth-order valence-electron chi connectivity index (χ4n) is 1.91. The van der Waals surface area contributed by atoms with Gasteiger partial charge in [-0.3, -0.25) is 0 Å². The molecule has 2 rings (SSSR count). The van der Waals surface area contributed by atoms with Crippen LogP contribution in [-0.4, -0.2) is 18.6 Å². The summed E-state index contributed by atoms with van der Waals surface area (Å²) >= 11 is 6.12. The molecule has 0 spiro atoms. The number of hydrogen-bond acceptors (Lipinski definition) is 2. The highest BCUT2D eigenvalue weighted by atomic mass is 35.5. The van der Waals surface area contributed by atoms with Crippen LogP contribution in [0.25, 0.3) is 10.9 Å². The molecule has 0 aliphatic carbocycles. The summed E-state index contributed by atoms with van der Waals surface area (Å²) in [5.41, 5.74) is 7.67. The van der Waals surface area contributed by atoms with Crippen molar-refractivity contribution in [1.29, 1.82) is 0 Å². The van der Waals surface area contributed by atoms with Crippen LogP contribution >= 0.6 is 11.6 Å². The standard InChI is InChI=1S/C12H15ClN2O/c1-16-10-5-4-9(13)12-11(10)8(7-15-12)3-2-6-14/h4-5,7,15H,2-3,6,14H2,1H3.